The van der Waals surface area contributed by atoms with Crippen molar-refractivity contribution in [3.63, 3.8) is 0 Å². The van der Waals surface area contributed by atoms with Gasteiger partial charge >= 0.3 is 0 Å². The van der Waals surface area contributed by atoms with Crippen LogP contribution < -0.4 is 5.32 Å². The third-order valence-electron chi connectivity index (χ3n) is 3.73. The Labute approximate surface area is 76.9 Å². The molecule has 1 aliphatic rings. The molecular weight excluding hydrogens is 146 g/mol. The minimum atomic E-state index is 0.697. The third-order valence-corrected chi connectivity index (χ3v) is 3.73. The van der Waals surface area contributed by atoms with Gasteiger partial charge in [0, 0.05) is 0 Å². The lowest BCUT2D eigenvalue weighted by Gasteiger charge is -2.19. The summed E-state index contributed by atoms with van der Waals surface area (Å²) in [5.41, 5.74) is 0.697. The summed E-state index contributed by atoms with van der Waals surface area (Å²) < 4.78 is 0. The number of hydrogen-bond donors (Lipinski definition) is 1. The quantitative estimate of drug-likeness (QED) is 0.667. The van der Waals surface area contributed by atoms with Crippen LogP contribution in [0.1, 0.15) is 40.5 Å². The molecular formula is C11H23N. The first-order valence-corrected chi connectivity index (χ1v) is 5.38. The lowest BCUT2D eigenvalue weighted by Crippen LogP contribution is -2.21. The smallest absolute Gasteiger partial charge is 0.00150 e. The normalized spacial score (nSPS) is 34.2. The van der Waals surface area contributed by atoms with E-state index in [1.807, 2.05) is 0 Å². The Morgan fingerprint density at radius 1 is 1.42 bits per heavy atom. The molecule has 0 aromatic carbocycles. The van der Waals surface area contributed by atoms with Crippen molar-refractivity contribution in [3.8, 4) is 0 Å². The van der Waals surface area contributed by atoms with E-state index in [1.54, 1.807) is 0 Å². The second kappa shape index (κ2) is 3.78. The van der Waals surface area contributed by atoms with Crippen LogP contribution in [0.15, 0.2) is 0 Å². The van der Waals surface area contributed by atoms with Gasteiger partial charge < -0.3 is 5.32 Å². The number of nitrogens with one attached hydrogen (secondary N) is 1. The predicted octanol–water partition coefficient (Wildman–Crippen LogP) is 2.67. The van der Waals surface area contributed by atoms with Crippen LogP contribution in [0, 0.1) is 17.3 Å². The van der Waals surface area contributed by atoms with E-state index >= 15 is 0 Å². The van der Waals surface area contributed by atoms with Gasteiger partial charge in [0.05, 0.1) is 0 Å². The van der Waals surface area contributed by atoms with Crippen LogP contribution in [0.25, 0.3) is 0 Å². The molecule has 1 heteroatoms. The highest BCUT2D eigenvalue weighted by Crippen LogP contribution is 2.59. The molecule has 1 saturated carbocycles. The molecule has 0 amide bonds. The molecule has 0 saturated heterocycles. The highest BCUT2D eigenvalue weighted by atomic mass is 14.9. The lowest BCUT2D eigenvalue weighted by atomic mass is 9.87. The summed E-state index contributed by atoms with van der Waals surface area (Å²) in [5, 5.41) is 3.45. The molecule has 0 heterocycles. The van der Waals surface area contributed by atoms with E-state index < -0.39 is 0 Å². The lowest BCUT2D eigenvalue weighted by molar-refractivity contribution is 0.308. The van der Waals surface area contributed by atoms with Gasteiger partial charge in [-0.15, -0.1) is 0 Å². The topological polar surface area (TPSA) is 12.0 Å². The zero-order chi connectivity index (χ0) is 9.19. The summed E-state index contributed by atoms with van der Waals surface area (Å²) in [7, 11) is 0. The highest BCUT2D eigenvalue weighted by Gasteiger charge is 2.53. The molecule has 1 fully saturated rings. The molecule has 72 valence electrons. The van der Waals surface area contributed by atoms with Gasteiger partial charge in [0.15, 0.2) is 0 Å². The minimum absolute atomic E-state index is 0.697. The second-order valence-electron chi connectivity index (χ2n) is 4.45. The van der Waals surface area contributed by atoms with Gasteiger partial charge in [-0.05, 0) is 43.2 Å². The van der Waals surface area contributed by atoms with Crippen molar-refractivity contribution in [2.24, 2.45) is 17.3 Å². The van der Waals surface area contributed by atoms with Crippen LogP contribution in [0.3, 0.4) is 0 Å². The Kier molecular flexibility index (Phi) is 3.16. The monoisotopic (exact) mass is 169 g/mol. The molecule has 1 N–H and O–H groups in total. The summed E-state index contributed by atoms with van der Waals surface area (Å²) in [6.07, 6.45) is 2.81. The zero-order valence-electron chi connectivity index (χ0n) is 8.98. The maximum atomic E-state index is 3.45. The highest BCUT2D eigenvalue weighted by molar-refractivity contribution is 5.03. The van der Waals surface area contributed by atoms with Gasteiger partial charge in [0.1, 0.15) is 0 Å². The van der Waals surface area contributed by atoms with E-state index in [0.29, 0.717) is 5.41 Å². The number of rotatable bonds is 5. The van der Waals surface area contributed by atoms with Crippen LogP contribution in [0.2, 0.25) is 0 Å². The average Bonchev–Trinajstić information content (AvgIpc) is 2.76. The Morgan fingerprint density at radius 3 is 2.42 bits per heavy atom. The van der Waals surface area contributed by atoms with Crippen molar-refractivity contribution in [2.75, 3.05) is 13.1 Å². The largest absolute Gasteiger partial charge is 0.317 e. The van der Waals surface area contributed by atoms with E-state index in [0.717, 1.165) is 18.4 Å². The van der Waals surface area contributed by atoms with Crippen molar-refractivity contribution < 1.29 is 0 Å². The Hall–Kier alpha value is -0.0400. The molecule has 2 unspecified atom stereocenters. The fourth-order valence-electron chi connectivity index (χ4n) is 2.54. The summed E-state index contributed by atoms with van der Waals surface area (Å²) in [5.74, 6) is 1.83. The summed E-state index contributed by atoms with van der Waals surface area (Å²) >= 11 is 0. The molecule has 2 atom stereocenters. The molecule has 0 aromatic heterocycles. The first kappa shape index (κ1) is 10.0. The van der Waals surface area contributed by atoms with Crippen LogP contribution in [-0.2, 0) is 0 Å². The molecule has 0 aliphatic heterocycles. The zero-order valence-corrected chi connectivity index (χ0v) is 8.98. The second-order valence-corrected chi connectivity index (χ2v) is 4.45. The number of hydrogen-bond acceptors (Lipinski definition) is 1. The SMILES string of the molecule is CCNCC1CC1(CC)C(C)C. The predicted molar refractivity (Wildman–Crippen MR) is 54.2 cm³/mol. The molecule has 0 bridgehead atoms. The van der Waals surface area contributed by atoms with Gasteiger partial charge in [-0.25, -0.2) is 0 Å². The van der Waals surface area contributed by atoms with Crippen LogP contribution in [-0.4, -0.2) is 13.1 Å². The molecule has 0 radical (unpaired) electrons. The fourth-order valence-corrected chi connectivity index (χ4v) is 2.54. The fraction of sp³-hybridized carbons (Fsp3) is 1.00. The van der Waals surface area contributed by atoms with Gasteiger partial charge in [-0.3, -0.25) is 0 Å². The minimum Gasteiger partial charge on any atom is -0.317 e. The van der Waals surface area contributed by atoms with Gasteiger partial charge in [0.25, 0.3) is 0 Å². The summed E-state index contributed by atoms with van der Waals surface area (Å²) in [4.78, 5) is 0. The Balaban J connectivity index is 2.34. The van der Waals surface area contributed by atoms with Crippen LogP contribution in [0.5, 0.6) is 0 Å². The van der Waals surface area contributed by atoms with E-state index in [-0.39, 0.29) is 0 Å². The Bertz CT molecular complexity index is 142. The van der Waals surface area contributed by atoms with E-state index in [9.17, 15) is 0 Å². The van der Waals surface area contributed by atoms with Gasteiger partial charge in [-0.2, -0.15) is 0 Å². The van der Waals surface area contributed by atoms with E-state index in [4.69, 9.17) is 0 Å². The van der Waals surface area contributed by atoms with Crippen molar-refractivity contribution in [2.45, 2.75) is 40.5 Å². The van der Waals surface area contributed by atoms with Gasteiger partial charge in [0.2, 0.25) is 0 Å². The first-order chi connectivity index (χ1) is 5.67. The molecule has 12 heavy (non-hydrogen) atoms. The molecule has 0 spiro atoms. The first-order valence-electron chi connectivity index (χ1n) is 5.38. The third kappa shape index (κ3) is 1.66. The van der Waals surface area contributed by atoms with E-state index in [1.165, 1.54) is 19.4 Å². The van der Waals surface area contributed by atoms with Crippen molar-refractivity contribution in [1.29, 1.82) is 0 Å². The standard InChI is InChI=1S/C11H23N/c1-5-11(9(3)4)7-10(11)8-12-6-2/h9-10,12H,5-8H2,1-4H3. The van der Waals surface area contributed by atoms with Crippen molar-refractivity contribution in [1.82, 2.24) is 5.32 Å². The van der Waals surface area contributed by atoms with E-state index in [2.05, 4.69) is 33.0 Å². The maximum Gasteiger partial charge on any atom is -0.00150 e. The molecule has 0 aromatic rings. The molecule has 1 rings (SSSR count). The Morgan fingerprint density at radius 2 is 2.08 bits per heavy atom. The summed E-state index contributed by atoms with van der Waals surface area (Å²) in [6.45, 7) is 11.6. The molecule has 1 nitrogen and oxygen atoms in total. The summed E-state index contributed by atoms with van der Waals surface area (Å²) in [6, 6.07) is 0. The average molecular weight is 169 g/mol. The van der Waals surface area contributed by atoms with Gasteiger partial charge in [-0.1, -0.05) is 27.7 Å². The van der Waals surface area contributed by atoms with Crippen LogP contribution in [0.4, 0.5) is 0 Å². The van der Waals surface area contributed by atoms with Crippen molar-refractivity contribution in [3.05, 3.63) is 0 Å². The molecule has 1 aliphatic carbocycles. The maximum absolute atomic E-state index is 3.45. The van der Waals surface area contributed by atoms with Crippen molar-refractivity contribution >= 4 is 0 Å². The van der Waals surface area contributed by atoms with Crippen LogP contribution >= 0.6 is 0 Å².